The molecule has 2 N–H and O–H groups in total. The molecular weight excluding hydrogens is 160 g/mol. The summed E-state index contributed by atoms with van der Waals surface area (Å²) in [5.74, 6) is 0. The molecule has 1 atom stereocenters. The lowest BCUT2D eigenvalue weighted by Gasteiger charge is -2.28. The first-order chi connectivity index (χ1) is 6.26. The van der Waals surface area contributed by atoms with Crippen molar-refractivity contribution in [1.82, 2.24) is 4.90 Å². The highest BCUT2D eigenvalue weighted by Gasteiger charge is 2.10. The molecular formula is C11H26N2. The van der Waals surface area contributed by atoms with Crippen molar-refractivity contribution in [2.24, 2.45) is 5.73 Å². The second-order valence-corrected chi connectivity index (χ2v) is 3.75. The molecule has 0 rings (SSSR count). The number of rotatable bonds is 8. The smallest absolute Gasteiger partial charge is 0.0571 e. The van der Waals surface area contributed by atoms with Gasteiger partial charge in [-0.25, -0.2) is 0 Å². The van der Waals surface area contributed by atoms with Gasteiger partial charge in [-0.3, -0.25) is 4.90 Å². The van der Waals surface area contributed by atoms with Crippen LogP contribution in [-0.2, 0) is 0 Å². The molecule has 2 heteroatoms. The normalized spacial score (nSPS) is 13.6. The van der Waals surface area contributed by atoms with Crippen LogP contribution in [-0.4, -0.2) is 24.2 Å². The second-order valence-electron chi connectivity index (χ2n) is 3.75. The van der Waals surface area contributed by atoms with E-state index in [9.17, 15) is 0 Å². The van der Waals surface area contributed by atoms with E-state index in [4.69, 9.17) is 5.73 Å². The first kappa shape index (κ1) is 12.9. The van der Waals surface area contributed by atoms with Crippen molar-refractivity contribution in [3.8, 4) is 0 Å². The summed E-state index contributed by atoms with van der Waals surface area (Å²) in [6, 6.07) is 0. The van der Waals surface area contributed by atoms with Gasteiger partial charge in [0.05, 0.1) is 6.17 Å². The highest BCUT2D eigenvalue weighted by Crippen LogP contribution is 2.05. The van der Waals surface area contributed by atoms with E-state index >= 15 is 0 Å². The van der Waals surface area contributed by atoms with E-state index in [1.807, 2.05) is 0 Å². The summed E-state index contributed by atoms with van der Waals surface area (Å²) in [4.78, 5) is 2.41. The Balaban J connectivity index is 3.72. The zero-order valence-electron chi connectivity index (χ0n) is 9.55. The van der Waals surface area contributed by atoms with Gasteiger partial charge in [0.15, 0.2) is 0 Å². The molecule has 0 saturated carbocycles. The maximum Gasteiger partial charge on any atom is 0.0571 e. The minimum absolute atomic E-state index is 0.292. The van der Waals surface area contributed by atoms with Crippen LogP contribution >= 0.6 is 0 Å². The second kappa shape index (κ2) is 8.52. The average Bonchev–Trinajstić information content (AvgIpc) is 2.14. The number of hydrogen-bond acceptors (Lipinski definition) is 2. The van der Waals surface area contributed by atoms with Gasteiger partial charge in [0, 0.05) is 0 Å². The van der Waals surface area contributed by atoms with Crippen molar-refractivity contribution < 1.29 is 0 Å². The van der Waals surface area contributed by atoms with E-state index in [1.54, 1.807) is 0 Å². The molecule has 0 radical (unpaired) electrons. The van der Waals surface area contributed by atoms with Gasteiger partial charge in [-0.1, -0.05) is 33.6 Å². The maximum atomic E-state index is 6.10. The van der Waals surface area contributed by atoms with E-state index in [0.29, 0.717) is 6.17 Å². The van der Waals surface area contributed by atoms with Crippen molar-refractivity contribution in [1.29, 1.82) is 0 Å². The van der Waals surface area contributed by atoms with Gasteiger partial charge in [0.1, 0.15) is 0 Å². The van der Waals surface area contributed by atoms with Crippen LogP contribution in [0.3, 0.4) is 0 Å². The number of nitrogens with two attached hydrogens (primary N) is 1. The number of unbranched alkanes of at least 4 members (excludes halogenated alkanes) is 1. The van der Waals surface area contributed by atoms with E-state index in [-0.39, 0.29) is 0 Å². The minimum atomic E-state index is 0.292. The molecule has 0 aromatic heterocycles. The Morgan fingerprint density at radius 1 is 1.00 bits per heavy atom. The summed E-state index contributed by atoms with van der Waals surface area (Å²) in [5, 5.41) is 0. The summed E-state index contributed by atoms with van der Waals surface area (Å²) in [6.45, 7) is 8.96. The molecule has 13 heavy (non-hydrogen) atoms. The van der Waals surface area contributed by atoms with Crippen molar-refractivity contribution in [3.05, 3.63) is 0 Å². The highest BCUT2D eigenvalue weighted by atomic mass is 15.2. The van der Waals surface area contributed by atoms with Crippen LogP contribution in [0.2, 0.25) is 0 Å². The lowest BCUT2D eigenvalue weighted by molar-refractivity contribution is 0.188. The third-order valence-electron chi connectivity index (χ3n) is 2.34. The van der Waals surface area contributed by atoms with Gasteiger partial charge >= 0.3 is 0 Å². The molecule has 1 unspecified atom stereocenters. The minimum Gasteiger partial charge on any atom is -0.316 e. The zero-order valence-corrected chi connectivity index (χ0v) is 9.55. The van der Waals surface area contributed by atoms with Gasteiger partial charge in [0.2, 0.25) is 0 Å². The summed E-state index contributed by atoms with van der Waals surface area (Å²) >= 11 is 0. The Hall–Kier alpha value is -0.0800. The predicted molar refractivity (Wildman–Crippen MR) is 59.7 cm³/mol. The van der Waals surface area contributed by atoms with Crippen LogP contribution in [0.25, 0.3) is 0 Å². The predicted octanol–water partition coefficient (Wildman–Crippen LogP) is 2.58. The average molecular weight is 186 g/mol. The summed E-state index contributed by atoms with van der Waals surface area (Å²) in [6.07, 6.45) is 6.36. The van der Waals surface area contributed by atoms with Gasteiger partial charge in [-0.15, -0.1) is 0 Å². The van der Waals surface area contributed by atoms with Gasteiger partial charge in [-0.2, -0.15) is 0 Å². The summed E-state index contributed by atoms with van der Waals surface area (Å²) in [7, 11) is 0. The molecule has 0 aliphatic rings. The standard InChI is InChI=1S/C11H26N2/c1-4-7-8-11(12)13(9-5-2)10-6-3/h11H,4-10,12H2,1-3H3. The molecule has 80 valence electrons. The molecule has 0 aromatic carbocycles. The van der Waals surface area contributed by atoms with Crippen molar-refractivity contribution in [2.45, 2.75) is 59.0 Å². The third kappa shape index (κ3) is 6.05. The van der Waals surface area contributed by atoms with E-state index in [1.165, 1.54) is 25.7 Å². The summed E-state index contributed by atoms with van der Waals surface area (Å²) < 4.78 is 0. The summed E-state index contributed by atoms with van der Waals surface area (Å²) in [5.41, 5.74) is 6.10. The van der Waals surface area contributed by atoms with Gasteiger partial charge < -0.3 is 5.73 Å². The molecule has 0 aliphatic heterocycles. The van der Waals surface area contributed by atoms with Crippen LogP contribution in [0.1, 0.15) is 52.9 Å². The molecule has 2 nitrogen and oxygen atoms in total. The molecule has 0 heterocycles. The molecule has 0 fully saturated rings. The maximum absolute atomic E-state index is 6.10. The Morgan fingerprint density at radius 3 is 1.92 bits per heavy atom. The van der Waals surface area contributed by atoms with Crippen LogP contribution in [0.4, 0.5) is 0 Å². The molecule has 0 aliphatic carbocycles. The Bertz CT molecular complexity index is 98.3. The fraction of sp³-hybridized carbons (Fsp3) is 1.00. The highest BCUT2D eigenvalue weighted by molar-refractivity contribution is 4.64. The van der Waals surface area contributed by atoms with Crippen LogP contribution in [0, 0.1) is 0 Å². The quantitative estimate of drug-likeness (QED) is 0.590. The van der Waals surface area contributed by atoms with Gasteiger partial charge in [0.25, 0.3) is 0 Å². The fourth-order valence-corrected chi connectivity index (χ4v) is 1.61. The van der Waals surface area contributed by atoms with Crippen molar-refractivity contribution >= 4 is 0 Å². The van der Waals surface area contributed by atoms with Gasteiger partial charge in [-0.05, 0) is 32.4 Å². The van der Waals surface area contributed by atoms with E-state index in [0.717, 1.165) is 19.5 Å². The van der Waals surface area contributed by atoms with Crippen molar-refractivity contribution in [3.63, 3.8) is 0 Å². The molecule has 0 spiro atoms. The topological polar surface area (TPSA) is 29.3 Å². The Kier molecular flexibility index (Phi) is 8.46. The Morgan fingerprint density at radius 2 is 1.54 bits per heavy atom. The van der Waals surface area contributed by atoms with E-state index < -0.39 is 0 Å². The first-order valence-electron chi connectivity index (χ1n) is 5.75. The molecule has 0 saturated heterocycles. The number of hydrogen-bond donors (Lipinski definition) is 1. The zero-order chi connectivity index (χ0) is 10.1. The van der Waals surface area contributed by atoms with E-state index in [2.05, 4.69) is 25.7 Å². The van der Waals surface area contributed by atoms with Crippen LogP contribution in [0.5, 0.6) is 0 Å². The Labute approximate surface area is 83.5 Å². The fourth-order valence-electron chi connectivity index (χ4n) is 1.61. The van der Waals surface area contributed by atoms with Crippen LogP contribution < -0.4 is 5.73 Å². The lowest BCUT2D eigenvalue weighted by Crippen LogP contribution is -2.42. The lowest BCUT2D eigenvalue weighted by atomic mass is 10.2. The first-order valence-corrected chi connectivity index (χ1v) is 5.75. The molecule has 0 aromatic rings. The third-order valence-corrected chi connectivity index (χ3v) is 2.34. The molecule has 0 bridgehead atoms. The monoisotopic (exact) mass is 186 g/mol. The van der Waals surface area contributed by atoms with Crippen molar-refractivity contribution in [2.75, 3.05) is 13.1 Å². The number of nitrogens with zero attached hydrogens (tertiary/aromatic N) is 1. The largest absolute Gasteiger partial charge is 0.316 e. The molecule has 0 amide bonds. The SMILES string of the molecule is CCCCC(N)N(CCC)CCC. The van der Waals surface area contributed by atoms with Crippen LogP contribution in [0.15, 0.2) is 0 Å².